The van der Waals surface area contributed by atoms with Crippen molar-refractivity contribution in [2.75, 3.05) is 0 Å². The maximum Gasteiger partial charge on any atom is 0.419 e. The highest BCUT2D eigenvalue weighted by atomic mass is 127. The largest absolute Gasteiger partial charge is 0.419 e. The minimum absolute atomic E-state index is 0.461. The van der Waals surface area contributed by atoms with Gasteiger partial charge in [-0.3, -0.25) is 0 Å². The second-order valence-corrected chi connectivity index (χ2v) is 8.02. The molecule has 2 aromatic rings. The van der Waals surface area contributed by atoms with E-state index in [1.165, 1.54) is 37.3 Å². The van der Waals surface area contributed by atoms with E-state index in [1.807, 2.05) is 24.3 Å². The molecule has 128 valence electrons. The number of halogens is 5. The molecule has 0 amide bonds. The van der Waals surface area contributed by atoms with E-state index in [1.54, 1.807) is 0 Å². The summed E-state index contributed by atoms with van der Waals surface area (Å²) in [4.78, 5) is 0. The molecule has 0 heterocycles. The standard InChI is InChI=1S/C19H17F4I/c20-18-11-15(7-10-17(18)19(21,22)23)14-3-1-12(2-4-14)13-5-8-16(24)9-6-13/h1-4,7,10-11,13,16H,5-6,8-9H2. The van der Waals surface area contributed by atoms with Crippen molar-refractivity contribution >= 4 is 22.6 Å². The van der Waals surface area contributed by atoms with Gasteiger partial charge in [0.05, 0.1) is 5.56 Å². The fraction of sp³-hybridized carbons (Fsp3) is 0.368. The van der Waals surface area contributed by atoms with Crippen molar-refractivity contribution in [3.63, 3.8) is 0 Å². The van der Waals surface area contributed by atoms with Crippen LogP contribution in [-0.4, -0.2) is 3.92 Å². The first kappa shape index (κ1) is 17.7. The maximum atomic E-state index is 13.7. The van der Waals surface area contributed by atoms with Gasteiger partial charge in [0.1, 0.15) is 5.82 Å². The van der Waals surface area contributed by atoms with Crippen molar-refractivity contribution in [1.29, 1.82) is 0 Å². The van der Waals surface area contributed by atoms with Crippen LogP contribution in [0.15, 0.2) is 42.5 Å². The molecule has 0 spiro atoms. The van der Waals surface area contributed by atoms with E-state index >= 15 is 0 Å². The molecule has 0 aromatic heterocycles. The SMILES string of the molecule is Fc1cc(-c2ccc(C3CCC(I)CC3)cc2)ccc1C(F)(F)F. The Morgan fingerprint density at radius 2 is 1.42 bits per heavy atom. The van der Waals surface area contributed by atoms with Crippen LogP contribution in [-0.2, 0) is 6.18 Å². The molecule has 5 heteroatoms. The molecule has 0 radical (unpaired) electrons. The van der Waals surface area contributed by atoms with Crippen molar-refractivity contribution in [3.8, 4) is 11.1 Å². The highest BCUT2D eigenvalue weighted by molar-refractivity contribution is 14.1. The van der Waals surface area contributed by atoms with Crippen LogP contribution in [0.25, 0.3) is 11.1 Å². The fourth-order valence-electron chi connectivity index (χ4n) is 3.26. The molecule has 0 nitrogen and oxygen atoms in total. The first-order valence-electron chi connectivity index (χ1n) is 7.96. The summed E-state index contributed by atoms with van der Waals surface area (Å²) < 4.78 is 52.4. The van der Waals surface area contributed by atoms with Crippen molar-refractivity contribution in [1.82, 2.24) is 0 Å². The van der Waals surface area contributed by atoms with Crippen LogP contribution in [0.1, 0.15) is 42.7 Å². The molecule has 24 heavy (non-hydrogen) atoms. The summed E-state index contributed by atoms with van der Waals surface area (Å²) in [6, 6.07) is 10.9. The van der Waals surface area contributed by atoms with Crippen LogP contribution in [0.4, 0.5) is 17.6 Å². The zero-order valence-corrected chi connectivity index (χ0v) is 15.1. The average molecular weight is 448 g/mol. The summed E-state index contributed by atoms with van der Waals surface area (Å²) in [7, 11) is 0. The van der Waals surface area contributed by atoms with E-state index in [2.05, 4.69) is 22.6 Å². The number of rotatable bonds is 2. The summed E-state index contributed by atoms with van der Waals surface area (Å²) in [6.07, 6.45) is 0.113. The lowest BCUT2D eigenvalue weighted by molar-refractivity contribution is -0.139. The first-order valence-corrected chi connectivity index (χ1v) is 9.20. The second-order valence-electron chi connectivity index (χ2n) is 6.26. The Hall–Kier alpha value is -1.11. The molecular weight excluding hydrogens is 431 g/mol. The Labute approximate surface area is 152 Å². The van der Waals surface area contributed by atoms with Crippen LogP contribution in [0.2, 0.25) is 0 Å². The van der Waals surface area contributed by atoms with E-state index in [-0.39, 0.29) is 0 Å². The highest BCUT2D eigenvalue weighted by Crippen LogP contribution is 2.37. The van der Waals surface area contributed by atoms with E-state index in [0.29, 0.717) is 11.5 Å². The van der Waals surface area contributed by atoms with E-state index in [4.69, 9.17) is 0 Å². The van der Waals surface area contributed by atoms with Gasteiger partial charge in [0, 0.05) is 3.92 Å². The van der Waals surface area contributed by atoms with Crippen LogP contribution in [0.5, 0.6) is 0 Å². The molecule has 3 rings (SSSR count). The molecule has 1 aliphatic rings. The molecule has 0 unspecified atom stereocenters. The third kappa shape index (κ3) is 3.92. The van der Waals surface area contributed by atoms with Crippen LogP contribution in [0, 0.1) is 5.82 Å². The first-order chi connectivity index (χ1) is 11.3. The molecule has 1 aliphatic carbocycles. The number of hydrogen-bond donors (Lipinski definition) is 0. The number of hydrogen-bond acceptors (Lipinski definition) is 0. The zero-order valence-electron chi connectivity index (χ0n) is 12.9. The van der Waals surface area contributed by atoms with Gasteiger partial charge in [0.25, 0.3) is 0 Å². The Balaban J connectivity index is 1.80. The average Bonchev–Trinajstić information content (AvgIpc) is 2.54. The normalized spacial score (nSPS) is 21.7. The summed E-state index contributed by atoms with van der Waals surface area (Å²) in [5, 5.41) is 0. The minimum Gasteiger partial charge on any atom is -0.206 e. The predicted octanol–water partition coefficient (Wildman–Crippen LogP) is 6.97. The molecule has 0 aliphatic heterocycles. The minimum atomic E-state index is -4.66. The number of benzene rings is 2. The molecule has 0 bridgehead atoms. The second kappa shape index (κ2) is 7.02. The maximum absolute atomic E-state index is 13.7. The topological polar surface area (TPSA) is 0 Å². The monoisotopic (exact) mass is 448 g/mol. The number of alkyl halides is 4. The van der Waals surface area contributed by atoms with Crippen LogP contribution >= 0.6 is 22.6 Å². The Morgan fingerprint density at radius 1 is 0.833 bits per heavy atom. The smallest absolute Gasteiger partial charge is 0.206 e. The Bertz CT molecular complexity index is 698. The molecule has 0 atom stereocenters. The molecule has 1 fully saturated rings. The van der Waals surface area contributed by atoms with Gasteiger partial charge in [-0.25, -0.2) is 4.39 Å². The van der Waals surface area contributed by atoms with Crippen molar-refractivity contribution < 1.29 is 17.6 Å². The third-order valence-corrected chi connectivity index (χ3v) is 5.89. The van der Waals surface area contributed by atoms with Crippen LogP contribution < -0.4 is 0 Å². The lowest BCUT2D eigenvalue weighted by Crippen LogP contribution is -2.12. The molecule has 2 aromatic carbocycles. The fourth-order valence-corrected chi connectivity index (χ4v) is 3.98. The summed E-state index contributed by atoms with van der Waals surface area (Å²) in [6.45, 7) is 0. The van der Waals surface area contributed by atoms with Gasteiger partial charge in [-0.15, -0.1) is 0 Å². The Morgan fingerprint density at radius 3 is 1.96 bits per heavy atom. The molecule has 0 saturated heterocycles. The van der Waals surface area contributed by atoms with Crippen molar-refractivity contribution in [2.45, 2.75) is 41.7 Å². The van der Waals surface area contributed by atoms with Crippen molar-refractivity contribution in [3.05, 3.63) is 59.4 Å². The van der Waals surface area contributed by atoms with Gasteiger partial charge in [0.15, 0.2) is 0 Å². The Kier molecular flexibility index (Phi) is 5.18. The quantitative estimate of drug-likeness (QED) is 0.264. The lowest BCUT2D eigenvalue weighted by Gasteiger charge is -2.25. The van der Waals surface area contributed by atoms with Crippen LogP contribution in [0.3, 0.4) is 0 Å². The predicted molar refractivity (Wildman–Crippen MR) is 95.9 cm³/mol. The van der Waals surface area contributed by atoms with Gasteiger partial charge < -0.3 is 0 Å². The van der Waals surface area contributed by atoms with E-state index in [9.17, 15) is 17.6 Å². The summed E-state index contributed by atoms with van der Waals surface area (Å²) in [5.74, 6) is -0.682. The summed E-state index contributed by atoms with van der Waals surface area (Å²) in [5.41, 5.74) is 1.23. The third-order valence-electron chi connectivity index (χ3n) is 4.65. The lowest BCUT2D eigenvalue weighted by atomic mass is 9.83. The van der Waals surface area contributed by atoms with E-state index in [0.717, 1.165) is 21.6 Å². The van der Waals surface area contributed by atoms with Gasteiger partial charge >= 0.3 is 6.18 Å². The highest BCUT2D eigenvalue weighted by Gasteiger charge is 2.33. The van der Waals surface area contributed by atoms with Gasteiger partial charge in [-0.2, -0.15) is 13.2 Å². The molecule has 0 N–H and O–H groups in total. The molecular formula is C19H17F4I. The van der Waals surface area contributed by atoms with Crippen molar-refractivity contribution in [2.24, 2.45) is 0 Å². The molecule has 1 saturated carbocycles. The van der Waals surface area contributed by atoms with Gasteiger partial charge in [-0.1, -0.05) is 52.9 Å². The summed E-state index contributed by atoms with van der Waals surface area (Å²) >= 11 is 2.49. The zero-order chi connectivity index (χ0) is 17.3. The van der Waals surface area contributed by atoms with Gasteiger partial charge in [0.2, 0.25) is 0 Å². The van der Waals surface area contributed by atoms with Gasteiger partial charge in [-0.05, 0) is 60.4 Å². The van der Waals surface area contributed by atoms with E-state index < -0.39 is 17.6 Å².